The first-order valence-corrected chi connectivity index (χ1v) is 13.7. The van der Waals surface area contributed by atoms with Crippen molar-refractivity contribution < 1.29 is 27.8 Å². The molecule has 0 radical (unpaired) electrons. The summed E-state index contributed by atoms with van der Waals surface area (Å²) < 4.78 is 44.8. The molecule has 1 amide bonds. The maximum atomic E-state index is 13.1. The molecule has 0 bridgehead atoms. The van der Waals surface area contributed by atoms with Crippen molar-refractivity contribution in [2.45, 2.75) is 49.0 Å². The highest BCUT2D eigenvalue weighted by Crippen LogP contribution is 2.37. The third-order valence-electron chi connectivity index (χ3n) is 6.38. The standard InChI is InChI=1S/C28H29ClF3N3O3S/c1-18(34-24-14-22(38-2)13-19-6-3-11-33-25(19)24)5-4-12-35-26(36)20(16-28(30,31)32)15-27(35,37)17-39-23-9-7-21(29)8-10-23/h3,6-11,13-15,18,34,37H,4-5,12,16-17H2,1-2H3. The van der Waals surface area contributed by atoms with E-state index in [4.69, 9.17) is 16.3 Å². The lowest BCUT2D eigenvalue weighted by Crippen LogP contribution is -2.49. The van der Waals surface area contributed by atoms with Crippen molar-refractivity contribution in [1.82, 2.24) is 9.88 Å². The van der Waals surface area contributed by atoms with Crippen LogP contribution in [0.15, 0.2) is 71.3 Å². The maximum Gasteiger partial charge on any atom is 0.393 e. The van der Waals surface area contributed by atoms with Gasteiger partial charge in [0.05, 0.1) is 30.5 Å². The molecule has 4 rings (SSSR count). The molecule has 0 saturated heterocycles. The van der Waals surface area contributed by atoms with Crippen LogP contribution >= 0.6 is 23.4 Å². The van der Waals surface area contributed by atoms with Crippen LogP contribution in [0.5, 0.6) is 5.75 Å². The minimum atomic E-state index is -4.56. The van der Waals surface area contributed by atoms with Crippen molar-refractivity contribution in [2.24, 2.45) is 0 Å². The van der Waals surface area contributed by atoms with Crippen LogP contribution in [0.25, 0.3) is 10.9 Å². The van der Waals surface area contributed by atoms with E-state index in [0.717, 1.165) is 32.5 Å². The number of nitrogens with zero attached hydrogens (tertiary/aromatic N) is 2. The molecular weight excluding hydrogens is 551 g/mol. The maximum absolute atomic E-state index is 13.1. The molecular formula is C28H29ClF3N3O3S. The lowest BCUT2D eigenvalue weighted by molar-refractivity contribution is -0.145. The fourth-order valence-corrected chi connectivity index (χ4v) is 5.60. The molecule has 0 spiro atoms. The van der Waals surface area contributed by atoms with Gasteiger partial charge in [0.2, 0.25) is 0 Å². The summed E-state index contributed by atoms with van der Waals surface area (Å²) in [5.74, 6) is -0.133. The Morgan fingerprint density at radius 2 is 1.97 bits per heavy atom. The molecule has 39 heavy (non-hydrogen) atoms. The minimum absolute atomic E-state index is 0.0169. The van der Waals surface area contributed by atoms with Gasteiger partial charge < -0.3 is 20.1 Å². The minimum Gasteiger partial charge on any atom is -0.497 e. The number of benzene rings is 2. The Balaban J connectivity index is 1.43. The molecule has 3 aromatic rings. The number of anilines is 1. The highest BCUT2D eigenvalue weighted by molar-refractivity contribution is 7.99. The number of thioether (sulfide) groups is 1. The first-order chi connectivity index (χ1) is 18.5. The van der Waals surface area contributed by atoms with E-state index in [-0.39, 0.29) is 18.3 Å². The molecule has 2 atom stereocenters. The second-order valence-electron chi connectivity index (χ2n) is 9.48. The highest BCUT2D eigenvalue weighted by Gasteiger charge is 2.46. The molecule has 2 N–H and O–H groups in total. The molecule has 0 aliphatic carbocycles. The van der Waals surface area contributed by atoms with Gasteiger partial charge >= 0.3 is 6.18 Å². The second-order valence-corrected chi connectivity index (χ2v) is 11.0. The van der Waals surface area contributed by atoms with Gasteiger partial charge in [-0.3, -0.25) is 9.78 Å². The average molecular weight is 580 g/mol. The fraction of sp³-hybridized carbons (Fsp3) is 0.357. The Bertz CT molecular complexity index is 1350. The molecule has 0 fully saturated rings. The number of carbonyl (C=O) groups excluding carboxylic acids is 1. The van der Waals surface area contributed by atoms with Crippen molar-refractivity contribution in [1.29, 1.82) is 0 Å². The van der Waals surface area contributed by atoms with Gasteiger partial charge in [0.15, 0.2) is 5.72 Å². The third kappa shape index (κ3) is 7.38. The first kappa shape index (κ1) is 29.0. The lowest BCUT2D eigenvalue weighted by Gasteiger charge is -2.33. The zero-order chi connectivity index (χ0) is 28.2. The number of methoxy groups -OCH3 is 1. The van der Waals surface area contributed by atoms with E-state index in [1.54, 1.807) is 37.6 Å². The predicted octanol–water partition coefficient (Wildman–Crippen LogP) is 6.68. The van der Waals surface area contributed by atoms with Gasteiger partial charge in [-0.15, -0.1) is 11.8 Å². The number of amides is 1. The molecule has 208 valence electrons. The van der Waals surface area contributed by atoms with Gasteiger partial charge in [-0.1, -0.05) is 17.7 Å². The number of alkyl halides is 3. The summed E-state index contributed by atoms with van der Waals surface area (Å²) in [6, 6.07) is 14.4. The van der Waals surface area contributed by atoms with E-state index in [1.807, 2.05) is 31.2 Å². The molecule has 11 heteroatoms. The van der Waals surface area contributed by atoms with Crippen molar-refractivity contribution in [3.05, 3.63) is 71.4 Å². The van der Waals surface area contributed by atoms with Crippen LogP contribution in [0, 0.1) is 0 Å². The van der Waals surface area contributed by atoms with Gasteiger partial charge in [0, 0.05) is 45.7 Å². The number of rotatable bonds is 11. The SMILES string of the molecule is COc1cc(NC(C)CCCN2C(=O)C(CC(F)(F)F)=CC2(O)CSc2ccc(Cl)cc2)c2ncccc2c1. The van der Waals surface area contributed by atoms with Gasteiger partial charge in [0.1, 0.15) is 5.75 Å². The zero-order valence-corrected chi connectivity index (χ0v) is 23.0. The van der Waals surface area contributed by atoms with E-state index in [2.05, 4.69) is 10.3 Å². The Morgan fingerprint density at radius 3 is 2.67 bits per heavy atom. The van der Waals surface area contributed by atoms with Crippen LogP contribution < -0.4 is 10.1 Å². The summed E-state index contributed by atoms with van der Waals surface area (Å²) in [6.45, 7) is 2.06. The number of fused-ring (bicyclic) bond motifs is 1. The molecule has 0 saturated carbocycles. The van der Waals surface area contributed by atoms with Crippen LogP contribution in [0.3, 0.4) is 0 Å². The predicted molar refractivity (Wildman–Crippen MR) is 148 cm³/mol. The number of nitrogens with one attached hydrogen (secondary N) is 1. The molecule has 1 aliphatic heterocycles. The summed E-state index contributed by atoms with van der Waals surface area (Å²) in [6.07, 6.45) is -2.14. The van der Waals surface area contributed by atoms with Crippen molar-refractivity contribution in [2.75, 3.05) is 24.7 Å². The molecule has 2 heterocycles. The van der Waals surface area contributed by atoms with E-state index in [9.17, 15) is 23.1 Å². The van der Waals surface area contributed by atoms with Crippen LogP contribution in [0.4, 0.5) is 18.9 Å². The molecule has 2 aromatic carbocycles. The van der Waals surface area contributed by atoms with Crippen LogP contribution in [-0.4, -0.2) is 58.2 Å². The largest absolute Gasteiger partial charge is 0.497 e. The Hall–Kier alpha value is -2.95. The van der Waals surface area contributed by atoms with Gasteiger partial charge in [-0.25, -0.2) is 0 Å². The number of ether oxygens (including phenoxy) is 1. The van der Waals surface area contributed by atoms with Crippen LogP contribution in [-0.2, 0) is 4.79 Å². The normalized spacial score (nSPS) is 18.4. The zero-order valence-electron chi connectivity index (χ0n) is 21.5. The van der Waals surface area contributed by atoms with Crippen molar-refractivity contribution >= 4 is 45.9 Å². The monoisotopic (exact) mass is 579 g/mol. The van der Waals surface area contributed by atoms with Gasteiger partial charge in [-0.2, -0.15) is 13.2 Å². The number of carbonyl (C=O) groups is 1. The number of aliphatic hydroxyl groups is 1. The topological polar surface area (TPSA) is 74.7 Å². The summed E-state index contributed by atoms with van der Waals surface area (Å²) in [7, 11) is 1.59. The fourth-order valence-electron chi connectivity index (χ4n) is 4.53. The van der Waals surface area contributed by atoms with E-state index in [1.165, 1.54) is 11.8 Å². The smallest absolute Gasteiger partial charge is 0.393 e. The summed E-state index contributed by atoms with van der Waals surface area (Å²) in [5.41, 5.74) is -0.707. The van der Waals surface area contributed by atoms with Crippen molar-refractivity contribution in [3.8, 4) is 5.75 Å². The van der Waals surface area contributed by atoms with Gasteiger partial charge in [-0.05, 0) is 62.2 Å². The van der Waals surface area contributed by atoms with E-state index >= 15 is 0 Å². The number of hydrogen-bond acceptors (Lipinski definition) is 6. The molecule has 6 nitrogen and oxygen atoms in total. The molecule has 1 aromatic heterocycles. The number of hydrogen-bond donors (Lipinski definition) is 2. The summed E-state index contributed by atoms with van der Waals surface area (Å²) in [5, 5.41) is 16.2. The summed E-state index contributed by atoms with van der Waals surface area (Å²) in [4.78, 5) is 19.3. The second kappa shape index (κ2) is 12.1. The molecule has 1 aliphatic rings. The van der Waals surface area contributed by atoms with Crippen molar-refractivity contribution in [3.63, 3.8) is 0 Å². The highest BCUT2D eigenvalue weighted by atomic mass is 35.5. The van der Waals surface area contributed by atoms with Crippen LogP contribution in [0.2, 0.25) is 5.02 Å². The average Bonchev–Trinajstić information content (AvgIpc) is 3.11. The summed E-state index contributed by atoms with van der Waals surface area (Å²) >= 11 is 7.16. The Labute approximate surface area is 234 Å². The van der Waals surface area contributed by atoms with E-state index < -0.39 is 29.8 Å². The third-order valence-corrected chi connectivity index (χ3v) is 7.81. The van der Waals surface area contributed by atoms with E-state index in [0.29, 0.717) is 23.6 Å². The van der Waals surface area contributed by atoms with Crippen LogP contribution in [0.1, 0.15) is 26.2 Å². The Morgan fingerprint density at radius 1 is 1.23 bits per heavy atom. The quantitative estimate of drug-likeness (QED) is 0.247. The number of aromatic nitrogens is 1. The molecule has 2 unspecified atom stereocenters. The Kier molecular flexibility index (Phi) is 8.98. The first-order valence-electron chi connectivity index (χ1n) is 12.4. The number of pyridine rings is 1. The van der Waals surface area contributed by atoms with Gasteiger partial charge in [0.25, 0.3) is 5.91 Å². The lowest BCUT2D eigenvalue weighted by atomic mass is 10.1. The number of halogens is 4.